The number of methoxy groups -OCH3 is 1. The molecule has 0 fully saturated rings. The topological polar surface area (TPSA) is 94.6 Å². The van der Waals surface area contributed by atoms with E-state index in [4.69, 9.17) is 4.74 Å². The van der Waals surface area contributed by atoms with Crippen LogP contribution in [0.25, 0.3) is 0 Å². The molecule has 0 aliphatic carbocycles. The van der Waals surface area contributed by atoms with E-state index in [0.29, 0.717) is 0 Å². The minimum absolute atomic E-state index is 0.0436. The van der Waals surface area contributed by atoms with Crippen LogP contribution in [0.4, 0.5) is 0 Å². The van der Waals surface area contributed by atoms with Crippen LogP contribution in [0, 0.1) is 0 Å². The highest BCUT2D eigenvalue weighted by Crippen LogP contribution is 2.08. The molecule has 7 nitrogen and oxygen atoms in total. The molecule has 1 N–H and O–H groups in total. The summed E-state index contributed by atoms with van der Waals surface area (Å²) >= 11 is 0. The van der Waals surface area contributed by atoms with Crippen LogP contribution in [0.2, 0.25) is 0 Å². The molecular formula is C15H22N2O5. The predicted octanol–water partition coefficient (Wildman–Crippen LogP) is 1.58. The van der Waals surface area contributed by atoms with E-state index in [1.54, 1.807) is 13.8 Å². The number of ether oxygens (including phenoxy) is 2. The second kappa shape index (κ2) is 10.3. The quantitative estimate of drug-likeness (QED) is 0.830. The van der Waals surface area contributed by atoms with Crippen molar-refractivity contribution < 1.29 is 23.9 Å². The fourth-order valence-electron chi connectivity index (χ4n) is 1.34. The van der Waals surface area contributed by atoms with Crippen LogP contribution in [0.1, 0.15) is 48.5 Å². The van der Waals surface area contributed by atoms with Crippen molar-refractivity contribution in [3.05, 3.63) is 29.6 Å². The highest BCUT2D eigenvalue weighted by atomic mass is 16.5. The lowest BCUT2D eigenvalue weighted by Gasteiger charge is -2.10. The molecule has 0 saturated carbocycles. The Morgan fingerprint density at radius 1 is 1.27 bits per heavy atom. The molecule has 1 aromatic heterocycles. The van der Waals surface area contributed by atoms with Crippen LogP contribution in [0.15, 0.2) is 18.3 Å². The van der Waals surface area contributed by atoms with E-state index in [9.17, 15) is 14.4 Å². The molecular weight excluding hydrogens is 288 g/mol. The number of nitrogens with zero attached hydrogens (tertiary/aromatic N) is 1. The van der Waals surface area contributed by atoms with Crippen molar-refractivity contribution in [2.24, 2.45) is 0 Å². The molecule has 7 heteroatoms. The van der Waals surface area contributed by atoms with E-state index in [1.807, 2.05) is 13.8 Å². The molecule has 0 atom stereocenters. The second-order valence-corrected chi connectivity index (χ2v) is 4.11. The van der Waals surface area contributed by atoms with Gasteiger partial charge in [0.15, 0.2) is 5.69 Å². The minimum Gasteiger partial charge on any atom is -0.468 e. The van der Waals surface area contributed by atoms with Gasteiger partial charge in [-0.3, -0.25) is 9.59 Å². The van der Waals surface area contributed by atoms with Crippen LogP contribution in [0.3, 0.4) is 0 Å². The molecule has 1 aromatic rings. The Kier molecular flexibility index (Phi) is 9.17. The van der Waals surface area contributed by atoms with Gasteiger partial charge in [0.05, 0.1) is 18.8 Å². The second-order valence-electron chi connectivity index (χ2n) is 4.11. The van der Waals surface area contributed by atoms with E-state index in [2.05, 4.69) is 15.0 Å². The molecule has 0 saturated heterocycles. The summed E-state index contributed by atoms with van der Waals surface area (Å²) in [4.78, 5) is 38.5. The first-order valence-corrected chi connectivity index (χ1v) is 6.96. The summed E-state index contributed by atoms with van der Waals surface area (Å²) in [7, 11) is 1.21. The third kappa shape index (κ3) is 6.34. The van der Waals surface area contributed by atoms with Gasteiger partial charge >= 0.3 is 11.9 Å². The summed E-state index contributed by atoms with van der Waals surface area (Å²) in [5.41, 5.74) is -0.0504. The number of aromatic nitrogens is 1. The first kappa shape index (κ1) is 19.6. The highest BCUT2D eigenvalue weighted by Gasteiger charge is 2.20. The number of hydrogen-bond donors (Lipinski definition) is 1. The van der Waals surface area contributed by atoms with Crippen LogP contribution in [-0.4, -0.2) is 42.6 Å². The summed E-state index contributed by atoms with van der Waals surface area (Å²) in [6, 6.07) is 2.94. The number of hydrogen-bond acceptors (Lipinski definition) is 6. The predicted molar refractivity (Wildman–Crippen MR) is 80.5 cm³/mol. The summed E-state index contributed by atoms with van der Waals surface area (Å²) in [5, 5.41) is 2.34. The Labute approximate surface area is 130 Å². The van der Waals surface area contributed by atoms with Crippen LogP contribution in [-0.2, 0) is 14.3 Å². The Morgan fingerprint density at radius 3 is 2.45 bits per heavy atom. The molecule has 0 aliphatic heterocycles. The molecule has 0 aromatic carbocycles. The number of nitrogens with one attached hydrogen (secondary N) is 1. The molecule has 22 heavy (non-hydrogen) atoms. The summed E-state index contributed by atoms with van der Waals surface area (Å²) in [6.07, 6.45) is 1.06. The number of carbonyl (C=O) groups is 3. The van der Waals surface area contributed by atoms with Crippen LogP contribution < -0.4 is 5.32 Å². The minimum atomic E-state index is -0.691. The number of pyridine rings is 1. The first-order chi connectivity index (χ1) is 10.5. The normalized spacial score (nSPS) is 9.36. The molecule has 0 aliphatic rings. The number of rotatable bonds is 5. The van der Waals surface area contributed by atoms with Gasteiger partial charge in [-0.15, -0.1) is 0 Å². The van der Waals surface area contributed by atoms with E-state index in [0.717, 1.165) is 0 Å². The van der Waals surface area contributed by atoms with Crippen LogP contribution >= 0.6 is 0 Å². The zero-order valence-electron chi connectivity index (χ0n) is 13.5. The zero-order chi connectivity index (χ0) is 17.1. The van der Waals surface area contributed by atoms with Gasteiger partial charge < -0.3 is 14.8 Å². The molecule has 1 rings (SSSR count). The van der Waals surface area contributed by atoms with Crippen molar-refractivity contribution in [3.63, 3.8) is 0 Å². The maximum absolute atomic E-state index is 11.9. The Morgan fingerprint density at radius 2 is 1.91 bits per heavy atom. The largest absolute Gasteiger partial charge is 0.468 e. The van der Waals surface area contributed by atoms with Crippen molar-refractivity contribution in [1.82, 2.24) is 10.3 Å². The monoisotopic (exact) mass is 310 g/mol. The smallest absolute Gasteiger partial charge is 0.358 e. The van der Waals surface area contributed by atoms with E-state index in [-0.39, 0.29) is 23.9 Å². The summed E-state index contributed by atoms with van der Waals surface area (Å²) < 4.78 is 9.41. The number of esters is 2. The molecule has 122 valence electrons. The average Bonchev–Trinajstić information content (AvgIpc) is 2.53. The SMILES string of the molecule is CC.COC(=O)CNC(=O)c1cccnc1C(=O)OC(C)C. The standard InChI is InChI=1S/C13H16N2O5.C2H6/c1-8(2)20-13(18)11-9(5-4-6-14-11)12(17)15-7-10(16)19-3;1-2/h4-6,8H,7H2,1-3H3,(H,15,17);1-2H3. The Bertz CT molecular complexity index is 514. The fraction of sp³-hybridized carbons (Fsp3) is 0.467. The molecule has 1 amide bonds. The summed E-state index contributed by atoms with van der Waals surface area (Å²) in [6.45, 7) is 7.10. The molecule has 0 radical (unpaired) electrons. The lowest BCUT2D eigenvalue weighted by Crippen LogP contribution is -2.31. The average molecular weight is 310 g/mol. The van der Waals surface area contributed by atoms with Gasteiger partial charge in [-0.2, -0.15) is 0 Å². The number of amides is 1. The zero-order valence-corrected chi connectivity index (χ0v) is 13.5. The molecule has 1 heterocycles. The lowest BCUT2D eigenvalue weighted by atomic mass is 10.2. The summed E-state index contributed by atoms with van der Waals surface area (Å²) in [5.74, 6) is -1.88. The van der Waals surface area contributed by atoms with Crippen molar-refractivity contribution in [3.8, 4) is 0 Å². The number of carbonyl (C=O) groups excluding carboxylic acids is 3. The van der Waals surface area contributed by atoms with E-state index in [1.165, 1.54) is 25.4 Å². The molecule has 0 unspecified atom stereocenters. The van der Waals surface area contributed by atoms with E-state index >= 15 is 0 Å². The third-order valence-corrected chi connectivity index (χ3v) is 2.21. The van der Waals surface area contributed by atoms with Gasteiger partial charge in [0.25, 0.3) is 5.91 Å². The van der Waals surface area contributed by atoms with Gasteiger partial charge in [-0.05, 0) is 26.0 Å². The maximum atomic E-state index is 11.9. The lowest BCUT2D eigenvalue weighted by molar-refractivity contribution is -0.139. The van der Waals surface area contributed by atoms with Gasteiger partial charge in [0.1, 0.15) is 6.54 Å². The Balaban J connectivity index is 0.00000211. The van der Waals surface area contributed by atoms with Crippen molar-refractivity contribution in [2.75, 3.05) is 13.7 Å². The molecule has 0 spiro atoms. The van der Waals surface area contributed by atoms with Gasteiger partial charge in [-0.25, -0.2) is 9.78 Å². The van der Waals surface area contributed by atoms with Gasteiger partial charge in [0, 0.05) is 6.20 Å². The first-order valence-electron chi connectivity index (χ1n) is 6.96. The van der Waals surface area contributed by atoms with E-state index < -0.39 is 17.8 Å². The highest BCUT2D eigenvalue weighted by molar-refractivity contribution is 6.04. The van der Waals surface area contributed by atoms with Gasteiger partial charge in [0.2, 0.25) is 0 Å². The van der Waals surface area contributed by atoms with Gasteiger partial charge in [-0.1, -0.05) is 13.8 Å². The van der Waals surface area contributed by atoms with Crippen molar-refractivity contribution in [1.29, 1.82) is 0 Å². The van der Waals surface area contributed by atoms with Crippen LogP contribution in [0.5, 0.6) is 0 Å². The van der Waals surface area contributed by atoms with Crippen molar-refractivity contribution in [2.45, 2.75) is 33.8 Å². The fourth-order valence-corrected chi connectivity index (χ4v) is 1.34. The molecule has 0 bridgehead atoms. The Hall–Kier alpha value is -2.44. The maximum Gasteiger partial charge on any atom is 0.358 e. The van der Waals surface area contributed by atoms with Crippen molar-refractivity contribution >= 4 is 17.8 Å². The third-order valence-electron chi connectivity index (χ3n) is 2.21.